The second-order valence-corrected chi connectivity index (χ2v) is 7.90. The molecule has 1 N–H and O–H groups in total. The second kappa shape index (κ2) is 7.08. The Labute approximate surface area is 136 Å². The first-order valence-electron chi connectivity index (χ1n) is 7.36. The van der Waals surface area contributed by atoms with Gasteiger partial charge in [0.2, 0.25) is 0 Å². The number of hydrogen-bond donors (Lipinski definition) is 1. The van der Waals surface area contributed by atoms with E-state index in [0.717, 1.165) is 5.56 Å². The van der Waals surface area contributed by atoms with Crippen LogP contribution in [0, 0.1) is 0 Å². The van der Waals surface area contributed by atoms with Gasteiger partial charge in [-0.25, -0.2) is 13.2 Å². The maximum Gasteiger partial charge on any atom is 0.317 e. The van der Waals surface area contributed by atoms with Crippen molar-refractivity contribution >= 4 is 15.9 Å². The Balaban J connectivity index is 1.86. The zero-order valence-corrected chi connectivity index (χ0v) is 14.4. The highest BCUT2D eigenvalue weighted by Gasteiger charge is 2.38. The van der Waals surface area contributed by atoms with Crippen LogP contribution < -0.4 is 14.8 Å². The number of nitrogens with zero attached hydrogens (tertiary/aromatic N) is 1. The first-order chi connectivity index (χ1) is 10.9. The molecule has 0 unspecified atom stereocenters. The number of carbonyl (C=O) groups is 1. The highest BCUT2D eigenvalue weighted by Crippen LogP contribution is 2.27. The number of benzene rings is 1. The molecule has 1 fully saturated rings. The number of hydrogen-bond acceptors (Lipinski definition) is 5. The number of urea groups is 1. The van der Waals surface area contributed by atoms with E-state index in [1.807, 2.05) is 6.07 Å². The molecule has 23 heavy (non-hydrogen) atoms. The predicted octanol–water partition coefficient (Wildman–Crippen LogP) is 1.03. The van der Waals surface area contributed by atoms with Gasteiger partial charge in [0, 0.05) is 25.4 Å². The summed E-state index contributed by atoms with van der Waals surface area (Å²) in [5.74, 6) is 1.33. The van der Waals surface area contributed by atoms with Crippen molar-refractivity contribution in [3.05, 3.63) is 23.8 Å². The van der Waals surface area contributed by atoms with Gasteiger partial charge in [-0.15, -0.1) is 0 Å². The summed E-state index contributed by atoms with van der Waals surface area (Å²) in [6.07, 6.45) is 0. The van der Waals surface area contributed by atoms with Crippen LogP contribution in [0.2, 0.25) is 0 Å². The maximum absolute atomic E-state index is 12.0. The number of amides is 2. The highest BCUT2D eigenvalue weighted by atomic mass is 32.2. The van der Waals surface area contributed by atoms with Crippen molar-refractivity contribution in [3.63, 3.8) is 0 Å². The van der Waals surface area contributed by atoms with Crippen LogP contribution in [0.1, 0.15) is 12.5 Å². The van der Waals surface area contributed by atoms with E-state index in [0.29, 0.717) is 18.0 Å². The number of ether oxygens (including phenoxy) is 2. The van der Waals surface area contributed by atoms with Crippen molar-refractivity contribution in [3.8, 4) is 11.5 Å². The Morgan fingerprint density at radius 1 is 1.26 bits per heavy atom. The molecule has 0 radical (unpaired) electrons. The van der Waals surface area contributed by atoms with Crippen molar-refractivity contribution in [2.45, 2.75) is 18.7 Å². The largest absolute Gasteiger partial charge is 0.493 e. The van der Waals surface area contributed by atoms with Gasteiger partial charge in [0.15, 0.2) is 21.3 Å². The Hall–Kier alpha value is -1.96. The molecule has 1 saturated heterocycles. The van der Waals surface area contributed by atoms with Crippen LogP contribution in [0.5, 0.6) is 11.5 Å². The van der Waals surface area contributed by atoms with Gasteiger partial charge in [-0.3, -0.25) is 0 Å². The van der Waals surface area contributed by atoms with E-state index in [4.69, 9.17) is 9.47 Å². The van der Waals surface area contributed by atoms with E-state index >= 15 is 0 Å². The third-order valence-corrected chi connectivity index (χ3v) is 6.06. The van der Waals surface area contributed by atoms with Gasteiger partial charge in [0.05, 0.1) is 19.5 Å². The van der Waals surface area contributed by atoms with Gasteiger partial charge >= 0.3 is 6.03 Å². The Morgan fingerprint density at radius 2 is 1.91 bits per heavy atom. The number of likely N-dealkylation sites (tertiary alicyclic amines) is 1. The molecule has 1 aliphatic rings. The van der Waals surface area contributed by atoms with E-state index in [2.05, 4.69) is 5.32 Å². The number of sulfone groups is 1. The van der Waals surface area contributed by atoms with Crippen LogP contribution in [0.3, 0.4) is 0 Å². The minimum atomic E-state index is -3.06. The molecule has 2 amide bonds. The molecule has 1 heterocycles. The van der Waals surface area contributed by atoms with Crippen molar-refractivity contribution < 1.29 is 22.7 Å². The fourth-order valence-electron chi connectivity index (χ4n) is 2.35. The number of carbonyl (C=O) groups excluding carboxylic acids is 1. The fourth-order valence-corrected chi connectivity index (χ4v) is 3.63. The maximum atomic E-state index is 12.0. The lowest BCUT2D eigenvalue weighted by atomic mass is 10.2. The Kier molecular flexibility index (Phi) is 5.35. The number of nitrogens with one attached hydrogen (secondary N) is 1. The fraction of sp³-hybridized carbons (Fsp3) is 0.533. The summed E-state index contributed by atoms with van der Waals surface area (Å²) < 4.78 is 33.7. The summed E-state index contributed by atoms with van der Waals surface area (Å²) >= 11 is 0. The minimum Gasteiger partial charge on any atom is -0.493 e. The van der Waals surface area contributed by atoms with Crippen molar-refractivity contribution in [1.82, 2.24) is 10.2 Å². The quantitative estimate of drug-likeness (QED) is 0.835. The van der Waals surface area contributed by atoms with Gasteiger partial charge in [0.25, 0.3) is 0 Å². The van der Waals surface area contributed by atoms with Crippen molar-refractivity contribution in [1.29, 1.82) is 0 Å². The van der Waals surface area contributed by atoms with Crippen molar-refractivity contribution in [2.75, 3.05) is 33.1 Å². The van der Waals surface area contributed by atoms with Crippen LogP contribution in [-0.2, 0) is 16.4 Å². The summed E-state index contributed by atoms with van der Waals surface area (Å²) in [4.78, 5) is 13.5. The lowest BCUT2D eigenvalue weighted by Gasteiger charge is -2.38. The van der Waals surface area contributed by atoms with Gasteiger partial charge in [0.1, 0.15) is 0 Å². The second-order valence-electron chi connectivity index (χ2n) is 5.33. The van der Waals surface area contributed by atoms with E-state index in [1.165, 1.54) is 4.90 Å². The third-order valence-electron chi connectivity index (χ3n) is 3.94. The monoisotopic (exact) mass is 342 g/mol. The first-order valence-corrected chi connectivity index (χ1v) is 9.08. The molecule has 1 aromatic rings. The van der Waals surface area contributed by atoms with E-state index in [9.17, 15) is 13.2 Å². The van der Waals surface area contributed by atoms with E-state index in [-0.39, 0.29) is 24.9 Å². The normalized spacial score (nSPS) is 15.0. The predicted molar refractivity (Wildman–Crippen MR) is 86.6 cm³/mol. The van der Waals surface area contributed by atoms with Crippen LogP contribution in [0.15, 0.2) is 18.2 Å². The average molecular weight is 342 g/mol. The molecular formula is C15H22N2O5S. The molecule has 0 aliphatic carbocycles. The van der Waals surface area contributed by atoms with Crippen LogP contribution in [-0.4, -0.2) is 57.7 Å². The summed E-state index contributed by atoms with van der Waals surface area (Å²) in [5, 5.41) is 2.34. The lowest BCUT2D eigenvalue weighted by molar-refractivity contribution is 0.169. The highest BCUT2D eigenvalue weighted by molar-refractivity contribution is 7.92. The van der Waals surface area contributed by atoms with E-state index < -0.39 is 15.1 Å². The zero-order chi connectivity index (χ0) is 17.0. The van der Waals surface area contributed by atoms with Crippen LogP contribution in [0.25, 0.3) is 0 Å². The number of methoxy groups -OCH3 is 2. The van der Waals surface area contributed by atoms with E-state index in [1.54, 1.807) is 33.3 Å². The molecule has 0 bridgehead atoms. The molecular weight excluding hydrogens is 320 g/mol. The van der Waals surface area contributed by atoms with Gasteiger partial charge < -0.3 is 19.7 Å². The molecule has 128 valence electrons. The summed E-state index contributed by atoms with van der Waals surface area (Å²) in [5.41, 5.74) is 0.870. The summed E-state index contributed by atoms with van der Waals surface area (Å²) in [6.45, 7) is 2.47. The standard InChI is InChI=1S/C15H22N2O5S/c1-4-23(19,20)12-9-17(10-12)15(18)16-8-11-5-6-13(21-2)14(7-11)22-3/h5-7,12H,4,8-10H2,1-3H3,(H,16,18). The molecule has 1 aromatic carbocycles. The lowest BCUT2D eigenvalue weighted by Crippen LogP contribution is -2.59. The molecule has 8 heteroatoms. The molecule has 0 saturated carbocycles. The average Bonchev–Trinajstić information content (AvgIpc) is 2.50. The Bertz CT molecular complexity index is 668. The smallest absolute Gasteiger partial charge is 0.317 e. The molecule has 0 spiro atoms. The van der Waals surface area contributed by atoms with Crippen LogP contribution >= 0.6 is 0 Å². The minimum absolute atomic E-state index is 0.110. The number of rotatable bonds is 6. The first kappa shape index (κ1) is 17.4. The van der Waals surface area contributed by atoms with Gasteiger partial charge in [-0.05, 0) is 17.7 Å². The zero-order valence-electron chi connectivity index (χ0n) is 13.5. The summed E-state index contributed by atoms with van der Waals surface area (Å²) in [7, 11) is 0.0459. The molecule has 0 atom stereocenters. The Morgan fingerprint density at radius 3 is 2.48 bits per heavy atom. The summed E-state index contributed by atoms with van der Waals surface area (Å²) in [6, 6.07) is 5.14. The molecule has 2 rings (SSSR count). The SMILES string of the molecule is CCS(=O)(=O)C1CN(C(=O)NCc2ccc(OC)c(OC)c2)C1. The molecule has 7 nitrogen and oxygen atoms in total. The van der Waals surface area contributed by atoms with Crippen molar-refractivity contribution in [2.24, 2.45) is 0 Å². The topological polar surface area (TPSA) is 84.9 Å². The molecule has 1 aliphatic heterocycles. The third kappa shape index (κ3) is 3.87. The van der Waals surface area contributed by atoms with Crippen LogP contribution in [0.4, 0.5) is 4.79 Å². The van der Waals surface area contributed by atoms with Gasteiger partial charge in [-0.2, -0.15) is 0 Å². The van der Waals surface area contributed by atoms with Gasteiger partial charge in [-0.1, -0.05) is 13.0 Å². The molecule has 0 aromatic heterocycles.